The average molecular weight is 316 g/mol. The van der Waals surface area contributed by atoms with Gasteiger partial charge in [-0.2, -0.15) is 5.10 Å². The first-order valence-corrected chi connectivity index (χ1v) is 8.27. The molecule has 1 aromatic rings. The first-order chi connectivity index (χ1) is 11.1. The second-order valence-corrected chi connectivity index (χ2v) is 6.85. The van der Waals surface area contributed by atoms with Gasteiger partial charge < -0.3 is 4.90 Å². The Morgan fingerprint density at radius 1 is 1.17 bits per heavy atom. The van der Waals surface area contributed by atoms with Crippen LogP contribution in [0.3, 0.4) is 0 Å². The van der Waals surface area contributed by atoms with Crippen molar-refractivity contribution in [3.8, 4) is 0 Å². The molecule has 1 aliphatic carbocycles. The molecule has 2 aliphatic heterocycles. The van der Waals surface area contributed by atoms with Crippen LogP contribution in [0.1, 0.15) is 43.7 Å². The number of aromatic amines is 1. The van der Waals surface area contributed by atoms with Crippen molar-refractivity contribution < 1.29 is 14.4 Å². The van der Waals surface area contributed by atoms with Crippen molar-refractivity contribution in [1.82, 2.24) is 20.4 Å². The number of aromatic nitrogens is 2. The molecule has 3 amide bonds. The van der Waals surface area contributed by atoms with E-state index in [0.29, 0.717) is 25.3 Å². The topological polar surface area (TPSA) is 95.2 Å². The highest BCUT2D eigenvalue weighted by atomic mass is 16.2. The Morgan fingerprint density at radius 3 is 2.78 bits per heavy atom. The fourth-order valence-corrected chi connectivity index (χ4v) is 4.38. The van der Waals surface area contributed by atoms with Crippen molar-refractivity contribution in [1.29, 1.82) is 0 Å². The molecule has 4 rings (SSSR count). The van der Waals surface area contributed by atoms with Crippen molar-refractivity contribution >= 4 is 17.7 Å². The van der Waals surface area contributed by atoms with Crippen molar-refractivity contribution in [3.63, 3.8) is 0 Å². The van der Waals surface area contributed by atoms with Crippen molar-refractivity contribution in [2.45, 2.75) is 44.1 Å². The Hall–Kier alpha value is -2.18. The molecule has 0 radical (unpaired) electrons. The minimum Gasteiger partial charge on any atom is -0.330 e. The molecule has 4 atom stereocenters. The summed E-state index contributed by atoms with van der Waals surface area (Å²) < 4.78 is 0. The Morgan fingerprint density at radius 2 is 2.04 bits per heavy atom. The maximum atomic E-state index is 12.7. The van der Waals surface area contributed by atoms with Gasteiger partial charge in [0.05, 0.1) is 0 Å². The number of piperidine rings is 1. The summed E-state index contributed by atoms with van der Waals surface area (Å²) in [4.78, 5) is 37.8. The largest absolute Gasteiger partial charge is 0.330 e. The van der Waals surface area contributed by atoms with Gasteiger partial charge in [-0.1, -0.05) is 0 Å². The van der Waals surface area contributed by atoms with Gasteiger partial charge in [0.2, 0.25) is 17.7 Å². The number of carbonyl (C=O) groups is 3. The lowest BCUT2D eigenvalue weighted by Crippen LogP contribution is -2.53. The Kier molecular flexibility index (Phi) is 3.43. The number of H-pyrrole nitrogens is 1. The molecule has 2 saturated heterocycles. The number of hydrogen-bond acceptors (Lipinski definition) is 4. The first kappa shape index (κ1) is 14.4. The molecule has 0 bridgehead atoms. The Bertz CT molecular complexity index is 642. The summed E-state index contributed by atoms with van der Waals surface area (Å²) in [5.74, 6) is 0.253. The number of hydrogen-bond donors (Lipinski definition) is 2. The number of rotatable bonds is 2. The third-order valence-electron chi connectivity index (χ3n) is 5.56. The van der Waals surface area contributed by atoms with Crippen molar-refractivity contribution in [2.75, 3.05) is 6.54 Å². The molecule has 7 heteroatoms. The molecular weight excluding hydrogens is 296 g/mol. The van der Waals surface area contributed by atoms with E-state index in [1.807, 2.05) is 6.07 Å². The normalized spacial score (nSPS) is 34.4. The zero-order valence-corrected chi connectivity index (χ0v) is 12.8. The summed E-state index contributed by atoms with van der Waals surface area (Å²) >= 11 is 0. The SMILES string of the molecule is O=C1CCC(N2CC3CC(c4ccn[nH]4)CCC3C2=O)C(=O)N1. The van der Waals surface area contributed by atoms with Gasteiger partial charge in [-0.15, -0.1) is 0 Å². The van der Waals surface area contributed by atoms with E-state index in [9.17, 15) is 14.4 Å². The molecule has 0 aromatic carbocycles. The molecule has 23 heavy (non-hydrogen) atoms. The van der Waals surface area contributed by atoms with Gasteiger partial charge in [0, 0.05) is 36.7 Å². The van der Waals surface area contributed by atoms with Gasteiger partial charge in [-0.3, -0.25) is 24.8 Å². The summed E-state index contributed by atoms with van der Waals surface area (Å²) in [6, 6.07) is 1.52. The fourth-order valence-electron chi connectivity index (χ4n) is 4.38. The maximum absolute atomic E-state index is 12.7. The standard InChI is InChI=1S/C16H20N4O3/c21-14-4-3-13(15(22)18-14)20-8-10-7-9(12-5-6-17-19-12)1-2-11(10)16(20)23/h5-6,9-11,13H,1-4,7-8H2,(H,17,19)(H,18,21,22). The van der Waals surface area contributed by atoms with Crippen LogP contribution in [-0.2, 0) is 14.4 Å². The van der Waals surface area contributed by atoms with Crippen LogP contribution in [0.4, 0.5) is 0 Å². The second-order valence-electron chi connectivity index (χ2n) is 6.85. The van der Waals surface area contributed by atoms with E-state index in [2.05, 4.69) is 15.5 Å². The van der Waals surface area contributed by atoms with Gasteiger partial charge >= 0.3 is 0 Å². The molecule has 0 spiro atoms. The van der Waals surface area contributed by atoms with Gasteiger partial charge in [0.25, 0.3) is 0 Å². The molecular formula is C16H20N4O3. The Balaban J connectivity index is 1.48. The molecule has 122 valence electrons. The summed E-state index contributed by atoms with van der Waals surface area (Å²) in [5.41, 5.74) is 1.13. The molecule has 2 N–H and O–H groups in total. The highest BCUT2D eigenvalue weighted by Crippen LogP contribution is 2.44. The van der Waals surface area contributed by atoms with E-state index in [1.165, 1.54) is 0 Å². The van der Waals surface area contributed by atoms with Crippen LogP contribution in [0, 0.1) is 11.8 Å². The molecule has 4 unspecified atom stereocenters. The van der Waals surface area contributed by atoms with Gasteiger partial charge in [-0.05, 0) is 37.7 Å². The lowest BCUT2D eigenvalue weighted by molar-refractivity contribution is -0.144. The zero-order valence-electron chi connectivity index (χ0n) is 12.8. The summed E-state index contributed by atoms with van der Waals surface area (Å²) in [5, 5.41) is 9.40. The van der Waals surface area contributed by atoms with E-state index >= 15 is 0 Å². The average Bonchev–Trinajstić information content (AvgIpc) is 3.16. The number of fused-ring (bicyclic) bond motifs is 1. The smallest absolute Gasteiger partial charge is 0.249 e. The van der Waals surface area contributed by atoms with Crippen LogP contribution in [0.15, 0.2) is 12.3 Å². The molecule has 1 saturated carbocycles. The van der Waals surface area contributed by atoms with E-state index in [4.69, 9.17) is 0 Å². The highest BCUT2D eigenvalue weighted by Gasteiger charge is 2.48. The first-order valence-electron chi connectivity index (χ1n) is 8.27. The number of carbonyl (C=O) groups excluding carboxylic acids is 3. The summed E-state index contributed by atoms with van der Waals surface area (Å²) in [6.45, 7) is 0.625. The fraction of sp³-hybridized carbons (Fsp3) is 0.625. The van der Waals surface area contributed by atoms with Gasteiger partial charge in [0.15, 0.2) is 0 Å². The second kappa shape index (κ2) is 5.47. The number of imide groups is 1. The summed E-state index contributed by atoms with van der Waals surface area (Å²) in [7, 11) is 0. The number of likely N-dealkylation sites (tertiary alicyclic amines) is 1. The molecule has 1 aromatic heterocycles. The van der Waals surface area contributed by atoms with Crippen LogP contribution in [0.5, 0.6) is 0 Å². The Labute approximate surface area is 133 Å². The van der Waals surface area contributed by atoms with Crippen LogP contribution in [-0.4, -0.2) is 45.4 Å². The third kappa shape index (κ3) is 2.44. The maximum Gasteiger partial charge on any atom is 0.249 e. The highest BCUT2D eigenvalue weighted by molar-refractivity contribution is 6.02. The van der Waals surface area contributed by atoms with Crippen molar-refractivity contribution in [2.24, 2.45) is 11.8 Å². The predicted molar refractivity (Wildman–Crippen MR) is 80.0 cm³/mol. The minimum absolute atomic E-state index is 0.0274. The molecule has 3 heterocycles. The van der Waals surface area contributed by atoms with Crippen LogP contribution >= 0.6 is 0 Å². The summed E-state index contributed by atoms with van der Waals surface area (Å²) in [6.07, 6.45) is 5.29. The van der Waals surface area contributed by atoms with Crippen LogP contribution in [0.2, 0.25) is 0 Å². The van der Waals surface area contributed by atoms with E-state index < -0.39 is 6.04 Å². The molecule has 3 fully saturated rings. The third-order valence-corrected chi connectivity index (χ3v) is 5.56. The number of nitrogens with zero attached hydrogens (tertiary/aromatic N) is 2. The number of nitrogens with one attached hydrogen (secondary N) is 2. The lowest BCUT2D eigenvalue weighted by Gasteiger charge is -2.29. The van der Waals surface area contributed by atoms with Gasteiger partial charge in [0.1, 0.15) is 6.04 Å². The lowest BCUT2D eigenvalue weighted by atomic mass is 9.74. The van der Waals surface area contributed by atoms with Crippen molar-refractivity contribution in [3.05, 3.63) is 18.0 Å². The zero-order chi connectivity index (χ0) is 16.0. The van der Waals surface area contributed by atoms with Crippen LogP contribution < -0.4 is 5.32 Å². The van der Waals surface area contributed by atoms with Crippen LogP contribution in [0.25, 0.3) is 0 Å². The number of amides is 3. The quantitative estimate of drug-likeness (QED) is 0.779. The van der Waals surface area contributed by atoms with Gasteiger partial charge in [-0.25, -0.2) is 0 Å². The van der Waals surface area contributed by atoms with E-state index in [1.54, 1.807) is 11.1 Å². The molecule has 7 nitrogen and oxygen atoms in total. The molecule has 3 aliphatic rings. The minimum atomic E-state index is -0.476. The van der Waals surface area contributed by atoms with E-state index in [-0.39, 0.29) is 29.6 Å². The monoisotopic (exact) mass is 316 g/mol. The van der Waals surface area contributed by atoms with E-state index in [0.717, 1.165) is 25.0 Å². The predicted octanol–water partition coefficient (Wildman–Crippen LogP) is 0.557.